The molecule has 8 nitrogen and oxygen atoms in total. The maximum absolute atomic E-state index is 12.6. The van der Waals surface area contributed by atoms with Crippen LogP contribution in [0.2, 0.25) is 5.02 Å². The summed E-state index contributed by atoms with van der Waals surface area (Å²) < 4.78 is 5.07. The van der Waals surface area contributed by atoms with Crippen LogP contribution in [0, 0.1) is 0 Å². The van der Waals surface area contributed by atoms with Gasteiger partial charge in [-0.25, -0.2) is 4.79 Å². The second-order valence-electron chi connectivity index (χ2n) is 6.34. The summed E-state index contributed by atoms with van der Waals surface area (Å²) in [6.45, 7) is -0.144. The maximum Gasteiger partial charge on any atom is 0.312 e. The number of urea groups is 1. The smallest absolute Gasteiger partial charge is 0.312 e. The number of amides is 4. The zero-order valence-electron chi connectivity index (χ0n) is 16.1. The first-order valence-corrected chi connectivity index (χ1v) is 9.15. The lowest BCUT2D eigenvalue weighted by atomic mass is 10.0. The van der Waals surface area contributed by atoms with Crippen molar-refractivity contribution in [3.8, 4) is 5.75 Å². The van der Waals surface area contributed by atoms with Gasteiger partial charge in [0.2, 0.25) is 11.8 Å². The van der Waals surface area contributed by atoms with Gasteiger partial charge >= 0.3 is 6.03 Å². The predicted octanol–water partition coefficient (Wildman–Crippen LogP) is 2.55. The lowest BCUT2D eigenvalue weighted by Gasteiger charge is -2.22. The molecular weight excluding hydrogens is 396 g/mol. The molecule has 0 heterocycles. The highest BCUT2D eigenvalue weighted by Gasteiger charge is 2.21. The van der Waals surface area contributed by atoms with E-state index in [1.54, 1.807) is 55.6 Å². The molecule has 0 aromatic heterocycles. The normalized spacial score (nSPS) is 11.3. The fourth-order valence-corrected chi connectivity index (χ4v) is 2.75. The molecule has 0 bridgehead atoms. The second kappa shape index (κ2) is 10.3. The van der Waals surface area contributed by atoms with Crippen molar-refractivity contribution < 1.29 is 19.1 Å². The number of hydrogen-bond acceptors (Lipinski definition) is 4. The van der Waals surface area contributed by atoms with E-state index in [0.29, 0.717) is 22.0 Å². The van der Waals surface area contributed by atoms with Crippen LogP contribution in [0.3, 0.4) is 0 Å². The van der Waals surface area contributed by atoms with Gasteiger partial charge < -0.3 is 26.0 Å². The minimum Gasteiger partial charge on any atom is -0.497 e. The van der Waals surface area contributed by atoms with Gasteiger partial charge in [0, 0.05) is 17.8 Å². The molecule has 154 valence electrons. The maximum atomic E-state index is 12.6. The van der Waals surface area contributed by atoms with Crippen LogP contribution < -0.4 is 21.1 Å². The molecule has 2 aromatic carbocycles. The Labute approximate surface area is 174 Å². The van der Waals surface area contributed by atoms with Crippen molar-refractivity contribution >= 4 is 35.1 Å². The topological polar surface area (TPSA) is 114 Å². The molecule has 0 spiro atoms. The summed E-state index contributed by atoms with van der Waals surface area (Å²) in [5.74, 6) is -0.00834. The number of ether oxygens (including phenoxy) is 1. The highest BCUT2D eigenvalue weighted by Crippen LogP contribution is 2.20. The molecule has 9 heteroatoms. The van der Waals surface area contributed by atoms with Gasteiger partial charge in [-0.15, -0.1) is 0 Å². The van der Waals surface area contributed by atoms with E-state index in [1.165, 1.54) is 11.9 Å². The van der Waals surface area contributed by atoms with Crippen molar-refractivity contribution in [3.63, 3.8) is 0 Å². The van der Waals surface area contributed by atoms with Crippen LogP contribution >= 0.6 is 11.6 Å². The summed E-state index contributed by atoms with van der Waals surface area (Å²) >= 11 is 5.88. The highest BCUT2D eigenvalue weighted by molar-refractivity contribution is 6.30. The number of nitrogens with zero attached hydrogens (tertiary/aromatic N) is 1. The third-order valence-corrected chi connectivity index (χ3v) is 4.40. The molecular formula is C20H23ClN4O4. The SMILES string of the molecule is COc1ccc(NC(=O)CN(C)C(=O)C[C@@H](NC(N)=O)c2ccc(Cl)cc2)cc1. The van der Waals surface area contributed by atoms with Crippen LogP contribution in [-0.2, 0) is 9.59 Å². The van der Waals surface area contributed by atoms with Gasteiger partial charge in [-0.3, -0.25) is 9.59 Å². The van der Waals surface area contributed by atoms with Crippen LogP contribution in [0.25, 0.3) is 0 Å². The van der Waals surface area contributed by atoms with E-state index < -0.39 is 12.1 Å². The van der Waals surface area contributed by atoms with Crippen LogP contribution in [0.4, 0.5) is 10.5 Å². The van der Waals surface area contributed by atoms with E-state index in [9.17, 15) is 14.4 Å². The standard InChI is InChI=1S/C20H23ClN4O4/c1-25(12-18(26)23-15-7-9-16(29-2)10-8-15)19(27)11-17(24-20(22)28)13-3-5-14(21)6-4-13/h3-10,17H,11-12H2,1-2H3,(H,23,26)(H3,22,24,28)/t17-/m1/s1. The predicted molar refractivity (Wildman–Crippen MR) is 111 cm³/mol. The van der Waals surface area contributed by atoms with Crippen molar-refractivity contribution in [2.24, 2.45) is 5.73 Å². The summed E-state index contributed by atoms with van der Waals surface area (Å²) in [6.07, 6.45) is -0.0586. The largest absolute Gasteiger partial charge is 0.497 e. The van der Waals surface area contributed by atoms with Crippen molar-refractivity contribution in [1.82, 2.24) is 10.2 Å². The number of hydrogen-bond donors (Lipinski definition) is 3. The molecule has 1 atom stereocenters. The van der Waals surface area contributed by atoms with Gasteiger partial charge in [-0.05, 0) is 42.0 Å². The van der Waals surface area contributed by atoms with Crippen molar-refractivity contribution in [1.29, 1.82) is 0 Å². The number of likely N-dealkylation sites (N-methyl/N-ethyl adjacent to an activating group) is 1. The fourth-order valence-electron chi connectivity index (χ4n) is 2.63. The van der Waals surface area contributed by atoms with E-state index in [0.717, 1.165) is 0 Å². The van der Waals surface area contributed by atoms with Crippen LogP contribution in [0.15, 0.2) is 48.5 Å². The molecule has 4 amide bonds. The number of carbonyl (C=O) groups is 3. The van der Waals surface area contributed by atoms with Crippen molar-refractivity contribution in [3.05, 3.63) is 59.1 Å². The first kappa shape index (κ1) is 22.0. The lowest BCUT2D eigenvalue weighted by Crippen LogP contribution is -2.39. The van der Waals surface area contributed by atoms with Gasteiger partial charge in [-0.2, -0.15) is 0 Å². The summed E-state index contributed by atoms with van der Waals surface area (Å²) in [5.41, 5.74) is 6.49. The Hall–Kier alpha value is -3.26. The molecule has 0 aliphatic heterocycles. The number of anilines is 1. The van der Waals surface area contributed by atoms with Gasteiger partial charge in [0.1, 0.15) is 5.75 Å². The van der Waals surface area contributed by atoms with E-state index >= 15 is 0 Å². The molecule has 0 radical (unpaired) electrons. The quantitative estimate of drug-likeness (QED) is 0.611. The van der Waals surface area contributed by atoms with E-state index in [4.69, 9.17) is 22.1 Å². The molecule has 2 rings (SSSR count). The summed E-state index contributed by atoms with van der Waals surface area (Å²) in [4.78, 5) is 37.4. The average molecular weight is 419 g/mol. The summed E-state index contributed by atoms with van der Waals surface area (Å²) in [5, 5.41) is 5.78. The number of rotatable bonds is 8. The number of halogens is 1. The fraction of sp³-hybridized carbons (Fsp3) is 0.250. The van der Waals surface area contributed by atoms with Crippen molar-refractivity contribution in [2.75, 3.05) is 26.0 Å². The lowest BCUT2D eigenvalue weighted by molar-refractivity contribution is -0.133. The Morgan fingerprint density at radius 1 is 1.10 bits per heavy atom. The van der Waals surface area contributed by atoms with Crippen LogP contribution in [-0.4, -0.2) is 43.4 Å². The minimum atomic E-state index is -0.752. The number of nitrogens with one attached hydrogen (secondary N) is 2. The Balaban J connectivity index is 1.96. The summed E-state index contributed by atoms with van der Waals surface area (Å²) in [7, 11) is 3.07. The number of methoxy groups -OCH3 is 1. The molecule has 0 saturated carbocycles. The highest BCUT2D eigenvalue weighted by atomic mass is 35.5. The molecule has 29 heavy (non-hydrogen) atoms. The molecule has 0 aliphatic carbocycles. The van der Waals surface area contributed by atoms with Crippen LogP contribution in [0.5, 0.6) is 5.75 Å². The van der Waals surface area contributed by atoms with E-state index in [2.05, 4.69) is 10.6 Å². The Morgan fingerprint density at radius 2 is 1.72 bits per heavy atom. The number of nitrogens with two attached hydrogens (primary N) is 1. The molecule has 0 fully saturated rings. The Morgan fingerprint density at radius 3 is 2.28 bits per heavy atom. The second-order valence-corrected chi connectivity index (χ2v) is 6.78. The first-order chi connectivity index (χ1) is 13.8. The molecule has 0 saturated heterocycles. The average Bonchev–Trinajstić information content (AvgIpc) is 2.68. The van der Waals surface area contributed by atoms with Gasteiger partial charge in [0.05, 0.1) is 26.1 Å². The molecule has 0 unspecified atom stereocenters. The Bertz CT molecular complexity index is 856. The zero-order chi connectivity index (χ0) is 21.4. The number of benzene rings is 2. The monoisotopic (exact) mass is 418 g/mol. The van der Waals surface area contributed by atoms with E-state index in [1.807, 2.05) is 0 Å². The number of carbonyl (C=O) groups excluding carboxylic acids is 3. The van der Waals surface area contributed by atoms with Gasteiger partial charge in [0.15, 0.2) is 0 Å². The minimum absolute atomic E-state index is 0.0586. The van der Waals surface area contributed by atoms with Gasteiger partial charge in [0.25, 0.3) is 0 Å². The molecule has 4 N–H and O–H groups in total. The third-order valence-electron chi connectivity index (χ3n) is 4.15. The Kier molecular flexibility index (Phi) is 7.85. The van der Waals surface area contributed by atoms with Gasteiger partial charge in [-0.1, -0.05) is 23.7 Å². The van der Waals surface area contributed by atoms with Crippen molar-refractivity contribution in [2.45, 2.75) is 12.5 Å². The van der Waals surface area contributed by atoms with E-state index in [-0.39, 0.29) is 24.8 Å². The summed E-state index contributed by atoms with van der Waals surface area (Å²) in [6, 6.07) is 12.2. The first-order valence-electron chi connectivity index (χ1n) is 8.77. The molecule has 2 aromatic rings. The van der Waals surface area contributed by atoms with Crippen LogP contribution in [0.1, 0.15) is 18.0 Å². The third kappa shape index (κ3) is 7.00. The number of primary amides is 1. The zero-order valence-corrected chi connectivity index (χ0v) is 16.9. The molecule has 0 aliphatic rings.